The molecule has 0 unspecified atom stereocenters. The fourth-order valence-corrected chi connectivity index (χ4v) is 2.03. The molecule has 0 heterocycles. The third-order valence-electron chi connectivity index (χ3n) is 2.75. The van der Waals surface area contributed by atoms with Gasteiger partial charge in [0, 0.05) is 0 Å². The van der Waals surface area contributed by atoms with Gasteiger partial charge in [-0.05, 0) is 24.3 Å². The molecular formula is C16H10BrClF4O2. The van der Waals surface area contributed by atoms with Crippen LogP contribution in [0.1, 0.15) is 20.7 Å². The van der Waals surface area contributed by atoms with Crippen LogP contribution >= 0.6 is 27.5 Å². The van der Waals surface area contributed by atoms with Crippen molar-refractivity contribution in [3.63, 3.8) is 0 Å². The molecule has 0 aliphatic rings. The lowest BCUT2D eigenvalue weighted by molar-refractivity contribution is 0.100. The number of carbonyl (C=O) groups excluding carboxylic acids is 2. The van der Waals surface area contributed by atoms with Crippen molar-refractivity contribution < 1.29 is 27.2 Å². The van der Waals surface area contributed by atoms with Crippen molar-refractivity contribution in [2.75, 3.05) is 11.2 Å². The van der Waals surface area contributed by atoms with Crippen LogP contribution in [-0.4, -0.2) is 22.8 Å². The maximum atomic E-state index is 12.8. The van der Waals surface area contributed by atoms with E-state index in [4.69, 9.17) is 11.6 Å². The average Bonchev–Trinajstić information content (AvgIpc) is 2.59. The van der Waals surface area contributed by atoms with Gasteiger partial charge >= 0.3 is 0 Å². The smallest absolute Gasteiger partial charge is 0.180 e. The topological polar surface area (TPSA) is 34.1 Å². The van der Waals surface area contributed by atoms with Crippen LogP contribution in [-0.2, 0) is 0 Å². The summed E-state index contributed by atoms with van der Waals surface area (Å²) >= 11 is 8.04. The molecule has 24 heavy (non-hydrogen) atoms. The van der Waals surface area contributed by atoms with Crippen molar-refractivity contribution in [3.8, 4) is 0 Å². The third kappa shape index (κ3) is 5.14. The van der Waals surface area contributed by atoms with E-state index in [1.807, 2.05) is 0 Å². The summed E-state index contributed by atoms with van der Waals surface area (Å²) in [4.78, 5) is 21.8. The first kappa shape index (κ1) is 20.3. The first-order valence-electron chi connectivity index (χ1n) is 6.39. The van der Waals surface area contributed by atoms with Gasteiger partial charge in [0.2, 0.25) is 0 Å². The fraction of sp³-hybridized carbons (Fsp3) is 0.125. The Labute approximate surface area is 148 Å². The normalized spacial score (nSPS) is 9.92. The Bertz CT molecular complexity index is 689. The number of hydrogen-bond acceptors (Lipinski definition) is 2. The number of rotatable bonds is 4. The minimum atomic E-state index is -1.14. The molecule has 0 aromatic heterocycles. The summed E-state index contributed by atoms with van der Waals surface area (Å²) in [6, 6.07) is 6.93. The van der Waals surface area contributed by atoms with Gasteiger partial charge in [0.05, 0.1) is 22.3 Å². The Kier molecular flexibility index (Phi) is 8.07. The van der Waals surface area contributed by atoms with Crippen molar-refractivity contribution in [2.24, 2.45) is 0 Å². The van der Waals surface area contributed by atoms with E-state index in [-0.39, 0.29) is 22.3 Å². The van der Waals surface area contributed by atoms with Crippen LogP contribution in [0.2, 0.25) is 0 Å². The molecule has 0 radical (unpaired) electrons. The van der Waals surface area contributed by atoms with Gasteiger partial charge in [0.1, 0.15) is 0 Å². The molecule has 0 saturated heterocycles. The lowest BCUT2D eigenvalue weighted by Crippen LogP contribution is -2.04. The van der Waals surface area contributed by atoms with Crippen molar-refractivity contribution in [2.45, 2.75) is 0 Å². The lowest BCUT2D eigenvalue weighted by atomic mass is 10.1. The van der Waals surface area contributed by atoms with E-state index < -0.39 is 34.8 Å². The highest BCUT2D eigenvalue weighted by molar-refractivity contribution is 9.09. The second-order valence-corrected chi connectivity index (χ2v) is 5.14. The monoisotopic (exact) mass is 424 g/mol. The highest BCUT2D eigenvalue weighted by atomic mass is 79.9. The van der Waals surface area contributed by atoms with Crippen LogP contribution < -0.4 is 0 Å². The summed E-state index contributed by atoms with van der Waals surface area (Å²) in [5.74, 6) is -5.68. The number of hydrogen-bond donors (Lipinski definition) is 0. The van der Waals surface area contributed by atoms with E-state index >= 15 is 0 Å². The molecule has 0 aliphatic heterocycles. The summed E-state index contributed by atoms with van der Waals surface area (Å²) < 4.78 is 50.6. The molecule has 0 amide bonds. The highest BCUT2D eigenvalue weighted by Crippen LogP contribution is 2.13. The molecule has 0 fully saturated rings. The maximum absolute atomic E-state index is 12.8. The molecule has 0 aliphatic carbocycles. The van der Waals surface area contributed by atoms with Crippen molar-refractivity contribution in [3.05, 3.63) is 70.8 Å². The van der Waals surface area contributed by atoms with Gasteiger partial charge in [-0.2, -0.15) is 0 Å². The Morgan fingerprint density at radius 2 is 1.25 bits per heavy atom. The molecule has 8 heteroatoms. The minimum Gasteiger partial charge on any atom is -0.293 e. The molecule has 0 spiro atoms. The predicted octanol–water partition coefficient (Wildman–Crippen LogP) is 4.93. The quantitative estimate of drug-likeness (QED) is 0.395. The lowest BCUT2D eigenvalue weighted by Gasteiger charge is -1.98. The summed E-state index contributed by atoms with van der Waals surface area (Å²) in [6.45, 7) is 0. The average molecular weight is 426 g/mol. The second kappa shape index (κ2) is 9.54. The number of ketones is 2. The van der Waals surface area contributed by atoms with Crippen molar-refractivity contribution in [1.29, 1.82) is 0 Å². The van der Waals surface area contributed by atoms with Crippen LogP contribution in [0.25, 0.3) is 0 Å². The molecule has 2 aromatic carbocycles. The number of alkyl halides is 2. The summed E-state index contributed by atoms with van der Waals surface area (Å²) in [5, 5.41) is -0.00657. The Morgan fingerprint density at radius 1 is 0.833 bits per heavy atom. The van der Waals surface area contributed by atoms with E-state index in [0.717, 1.165) is 12.1 Å². The summed E-state index contributed by atoms with van der Waals surface area (Å²) in [7, 11) is 0. The standard InChI is InChI=1S/C8H5BrF2O.C8H5ClF2O/c2*9-4-7(12)5-2-1-3-6(10)8(5)11/h2*1-3H,4H2. The Balaban J connectivity index is 0.000000240. The van der Waals surface area contributed by atoms with Gasteiger partial charge in [-0.1, -0.05) is 28.1 Å². The van der Waals surface area contributed by atoms with E-state index in [9.17, 15) is 27.2 Å². The third-order valence-corrected chi connectivity index (χ3v) is 3.50. The molecule has 0 bridgehead atoms. The largest absolute Gasteiger partial charge is 0.293 e. The van der Waals surface area contributed by atoms with Gasteiger partial charge in [-0.3, -0.25) is 9.59 Å². The van der Waals surface area contributed by atoms with E-state index in [2.05, 4.69) is 15.9 Å². The van der Waals surface area contributed by atoms with E-state index in [0.29, 0.717) is 0 Å². The summed E-state index contributed by atoms with van der Waals surface area (Å²) in [5.41, 5.74) is -0.517. The number of halogens is 6. The van der Waals surface area contributed by atoms with Crippen LogP contribution in [0.15, 0.2) is 36.4 Å². The maximum Gasteiger partial charge on any atom is 0.180 e. The molecular weight excluding hydrogens is 416 g/mol. The first-order valence-corrected chi connectivity index (χ1v) is 8.05. The zero-order valence-electron chi connectivity index (χ0n) is 12.0. The predicted molar refractivity (Wildman–Crippen MR) is 85.9 cm³/mol. The van der Waals surface area contributed by atoms with Gasteiger partial charge in [0.15, 0.2) is 34.8 Å². The van der Waals surface area contributed by atoms with Crippen LogP contribution in [0.4, 0.5) is 17.6 Å². The number of Topliss-reactive ketones (excluding diaryl/α,β-unsaturated/α-hetero) is 2. The molecule has 2 aromatic rings. The number of carbonyl (C=O) groups is 2. The van der Waals surface area contributed by atoms with Gasteiger partial charge in [-0.25, -0.2) is 17.6 Å². The molecule has 2 nitrogen and oxygen atoms in total. The molecule has 0 N–H and O–H groups in total. The van der Waals surface area contributed by atoms with Gasteiger partial charge < -0.3 is 0 Å². The van der Waals surface area contributed by atoms with E-state index in [1.165, 1.54) is 24.3 Å². The zero-order valence-corrected chi connectivity index (χ0v) is 14.3. The first-order chi connectivity index (χ1) is 11.3. The highest BCUT2D eigenvalue weighted by Gasteiger charge is 2.14. The number of benzene rings is 2. The van der Waals surface area contributed by atoms with Crippen LogP contribution in [0.5, 0.6) is 0 Å². The van der Waals surface area contributed by atoms with Gasteiger partial charge in [-0.15, -0.1) is 11.6 Å². The zero-order chi connectivity index (χ0) is 18.3. The van der Waals surface area contributed by atoms with Crippen LogP contribution in [0, 0.1) is 23.3 Å². The van der Waals surface area contributed by atoms with Crippen LogP contribution in [0.3, 0.4) is 0 Å². The molecule has 0 atom stereocenters. The molecule has 2 rings (SSSR count). The second-order valence-electron chi connectivity index (χ2n) is 4.32. The molecule has 0 saturated carbocycles. The Hall–Kier alpha value is -1.73. The summed E-state index contributed by atoms with van der Waals surface area (Å²) in [6.07, 6.45) is 0. The Morgan fingerprint density at radius 3 is 1.62 bits per heavy atom. The van der Waals surface area contributed by atoms with Crippen molar-refractivity contribution in [1.82, 2.24) is 0 Å². The molecule has 128 valence electrons. The van der Waals surface area contributed by atoms with Gasteiger partial charge in [0.25, 0.3) is 0 Å². The minimum absolute atomic E-state index is 0.00657. The van der Waals surface area contributed by atoms with Crippen molar-refractivity contribution >= 4 is 39.1 Å². The fourth-order valence-electron chi connectivity index (χ4n) is 1.58. The van der Waals surface area contributed by atoms with E-state index in [1.54, 1.807) is 0 Å². The SMILES string of the molecule is O=C(CBr)c1cccc(F)c1F.O=C(CCl)c1cccc(F)c1F.